The van der Waals surface area contributed by atoms with Crippen LogP contribution in [0.1, 0.15) is 162 Å². The lowest BCUT2D eigenvalue weighted by Crippen LogP contribution is -2.30. The minimum absolute atomic E-state index is 0.124. The van der Waals surface area contributed by atoms with Gasteiger partial charge in [-0.1, -0.05) is 201 Å². The third kappa shape index (κ3) is 41.1. The summed E-state index contributed by atoms with van der Waals surface area (Å²) in [5.41, 5.74) is 0. The Morgan fingerprint density at radius 2 is 0.855 bits per heavy atom. The Bertz CT molecular complexity index is 1200. The lowest BCUT2D eigenvalue weighted by molar-refractivity contribution is -0.166. The summed E-state index contributed by atoms with van der Waals surface area (Å²) in [6.07, 6.45) is 56.7. The molecule has 0 heterocycles. The number of carbonyl (C=O) groups excluding carboxylic acids is 3. The van der Waals surface area contributed by atoms with E-state index in [4.69, 9.17) is 14.2 Å². The van der Waals surface area contributed by atoms with Crippen molar-refractivity contribution < 1.29 is 28.6 Å². The lowest BCUT2D eigenvalue weighted by atomic mass is 10.1. The first-order chi connectivity index (χ1) is 27.0. The Labute approximate surface area is 336 Å². The van der Waals surface area contributed by atoms with E-state index in [1.54, 1.807) is 6.08 Å². The zero-order valence-electron chi connectivity index (χ0n) is 34.9. The van der Waals surface area contributed by atoms with Gasteiger partial charge in [-0.2, -0.15) is 0 Å². The highest BCUT2D eigenvalue weighted by Crippen LogP contribution is 2.13. The van der Waals surface area contributed by atoms with Crippen LogP contribution in [0.15, 0.2) is 109 Å². The Kier molecular flexibility index (Phi) is 39.7. The molecular weight excluding hydrogens is 685 g/mol. The van der Waals surface area contributed by atoms with Crippen molar-refractivity contribution in [2.75, 3.05) is 13.2 Å². The van der Waals surface area contributed by atoms with E-state index in [-0.39, 0.29) is 31.6 Å². The minimum Gasteiger partial charge on any atom is -0.462 e. The van der Waals surface area contributed by atoms with Crippen molar-refractivity contribution in [1.29, 1.82) is 0 Å². The van der Waals surface area contributed by atoms with Crippen LogP contribution in [0.2, 0.25) is 0 Å². The summed E-state index contributed by atoms with van der Waals surface area (Å²) in [4.78, 5) is 37.5. The third-order valence-corrected chi connectivity index (χ3v) is 8.47. The first-order valence-corrected chi connectivity index (χ1v) is 21.5. The molecule has 0 aliphatic heterocycles. The molecule has 0 aliphatic rings. The fourth-order valence-electron chi connectivity index (χ4n) is 5.30. The summed E-state index contributed by atoms with van der Waals surface area (Å²) >= 11 is 0. The van der Waals surface area contributed by atoms with Crippen LogP contribution in [0.5, 0.6) is 0 Å². The van der Waals surface area contributed by atoms with Gasteiger partial charge in [-0.05, 0) is 51.4 Å². The second kappa shape index (κ2) is 42.8. The van der Waals surface area contributed by atoms with Crippen molar-refractivity contribution in [3.8, 4) is 0 Å². The molecule has 0 bridgehead atoms. The van der Waals surface area contributed by atoms with Crippen LogP contribution in [0, 0.1) is 0 Å². The molecule has 0 radical (unpaired) electrons. The number of esters is 3. The van der Waals surface area contributed by atoms with E-state index in [9.17, 15) is 14.4 Å². The number of hydrogen-bond donors (Lipinski definition) is 0. The van der Waals surface area contributed by atoms with Crippen molar-refractivity contribution in [3.05, 3.63) is 109 Å². The van der Waals surface area contributed by atoms with Gasteiger partial charge < -0.3 is 14.2 Å². The van der Waals surface area contributed by atoms with Gasteiger partial charge in [0.1, 0.15) is 13.2 Å². The van der Waals surface area contributed by atoms with E-state index < -0.39 is 12.1 Å². The summed E-state index contributed by atoms with van der Waals surface area (Å²) in [6, 6.07) is 0. The van der Waals surface area contributed by atoms with Gasteiger partial charge >= 0.3 is 17.9 Å². The first-order valence-electron chi connectivity index (χ1n) is 21.5. The highest BCUT2D eigenvalue weighted by atomic mass is 16.6. The maximum absolute atomic E-state index is 12.7. The molecular formula is C49H76O6. The van der Waals surface area contributed by atoms with Gasteiger partial charge in [0.15, 0.2) is 6.10 Å². The minimum atomic E-state index is -0.829. The zero-order valence-corrected chi connectivity index (χ0v) is 34.9. The highest BCUT2D eigenvalue weighted by Gasteiger charge is 2.19. The van der Waals surface area contributed by atoms with Crippen LogP contribution in [-0.2, 0) is 28.6 Å². The number of carbonyl (C=O) groups is 3. The Morgan fingerprint density at radius 1 is 0.418 bits per heavy atom. The van der Waals surface area contributed by atoms with Crippen molar-refractivity contribution in [2.24, 2.45) is 0 Å². The van der Waals surface area contributed by atoms with E-state index in [0.29, 0.717) is 12.8 Å². The van der Waals surface area contributed by atoms with Crippen molar-refractivity contribution >= 4 is 17.9 Å². The quantitative estimate of drug-likeness (QED) is 0.0208. The van der Waals surface area contributed by atoms with Crippen LogP contribution in [-0.4, -0.2) is 37.2 Å². The summed E-state index contributed by atoms with van der Waals surface area (Å²) < 4.78 is 16.5. The molecule has 0 rings (SSSR count). The van der Waals surface area contributed by atoms with E-state index >= 15 is 0 Å². The highest BCUT2D eigenvalue weighted by molar-refractivity contribution is 5.72. The van der Waals surface area contributed by atoms with Crippen LogP contribution >= 0.6 is 0 Å². The molecule has 55 heavy (non-hydrogen) atoms. The fraction of sp³-hybridized carbons (Fsp3) is 0.571. The number of rotatable bonds is 36. The maximum Gasteiger partial charge on any atom is 0.309 e. The molecule has 0 aliphatic carbocycles. The second-order valence-electron chi connectivity index (χ2n) is 13.7. The molecule has 308 valence electrons. The molecule has 1 atom stereocenters. The summed E-state index contributed by atoms with van der Waals surface area (Å²) in [6.45, 7) is 6.19. The van der Waals surface area contributed by atoms with Gasteiger partial charge in [0.05, 0.1) is 6.42 Å². The van der Waals surface area contributed by atoms with Crippen LogP contribution in [0.3, 0.4) is 0 Å². The standard InChI is InChI=1S/C49H76O6/c1-4-7-10-13-16-19-21-22-23-24-25-26-28-30-33-36-39-42-48(51)54-45-46(44-53-47(50)41-38-35-32-29-18-15-12-9-6-3)55-49(52)43-40-37-34-31-27-20-17-14-11-8-5-2/h7,9-10,12-13,16,18-19,21-26,28-29,35,38,46H,4-6,8,11,14-15,17,20,27,30-34,36-37,39-45H2,1-3H3/b10-7-,12-9-,16-13-,21-19-,23-22-,25-24+,28-26-,29-18-,38-35-. The molecule has 0 amide bonds. The molecule has 0 saturated carbocycles. The van der Waals surface area contributed by atoms with Crippen molar-refractivity contribution in [3.63, 3.8) is 0 Å². The van der Waals surface area contributed by atoms with Crippen LogP contribution in [0.25, 0.3) is 0 Å². The van der Waals surface area contributed by atoms with Crippen LogP contribution < -0.4 is 0 Å². The topological polar surface area (TPSA) is 78.9 Å². The van der Waals surface area contributed by atoms with E-state index in [2.05, 4.69) is 57.2 Å². The molecule has 0 N–H and O–H groups in total. The summed E-state index contributed by atoms with van der Waals surface area (Å²) in [5, 5.41) is 0. The van der Waals surface area contributed by atoms with Gasteiger partial charge in [-0.15, -0.1) is 0 Å². The van der Waals surface area contributed by atoms with Gasteiger partial charge in [0.25, 0.3) is 0 Å². The predicted octanol–water partition coefficient (Wildman–Crippen LogP) is 13.6. The van der Waals surface area contributed by atoms with E-state index in [0.717, 1.165) is 70.6 Å². The van der Waals surface area contributed by atoms with Gasteiger partial charge in [-0.3, -0.25) is 14.4 Å². The number of allylic oxidation sites excluding steroid dienone is 17. The predicted molar refractivity (Wildman–Crippen MR) is 233 cm³/mol. The fourth-order valence-corrected chi connectivity index (χ4v) is 5.30. The molecule has 0 fully saturated rings. The average molecular weight is 761 g/mol. The molecule has 0 aromatic rings. The zero-order chi connectivity index (χ0) is 40.1. The molecule has 6 heteroatoms. The average Bonchev–Trinajstić information content (AvgIpc) is 3.18. The monoisotopic (exact) mass is 761 g/mol. The molecule has 6 nitrogen and oxygen atoms in total. The Balaban J connectivity index is 4.54. The molecule has 0 aromatic heterocycles. The van der Waals surface area contributed by atoms with Crippen LogP contribution in [0.4, 0.5) is 0 Å². The van der Waals surface area contributed by atoms with E-state index in [1.807, 2.05) is 66.8 Å². The lowest BCUT2D eigenvalue weighted by Gasteiger charge is -2.18. The van der Waals surface area contributed by atoms with Crippen molar-refractivity contribution in [1.82, 2.24) is 0 Å². The molecule has 0 saturated heterocycles. The Morgan fingerprint density at radius 3 is 1.42 bits per heavy atom. The Hall–Kier alpha value is -3.93. The first kappa shape index (κ1) is 51.1. The SMILES string of the molecule is CC\C=C/C=C\C=C/C=C\C=C\C=C/CCCCCC(=O)OCC(COC(=O)C/C=C\C/C=C\C/C=C\CC)OC(=O)CCCCCCCCCCCCC. The largest absolute Gasteiger partial charge is 0.462 e. The smallest absolute Gasteiger partial charge is 0.309 e. The normalized spacial score (nSPS) is 13.1. The molecule has 1 unspecified atom stereocenters. The number of ether oxygens (including phenoxy) is 3. The van der Waals surface area contributed by atoms with Gasteiger partial charge in [0, 0.05) is 12.8 Å². The van der Waals surface area contributed by atoms with Crippen molar-refractivity contribution in [2.45, 2.75) is 168 Å². The van der Waals surface area contributed by atoms with E-state index in [1.165, 1.54) is 51.4 Å². The number of unbranched alkanes of at least 4 members (excludes halogenated alkanes) is 13. The van der Waals surface area contributed by atoms with Gasteiger partial charge in [-0.25, -0.2) is 0 Å². The second-order valence-corrected chi connectivity index (χ2v) is 13.7. The summed E-state index contributed by atoms with van der Waals surface area (Å²) in [5.74, 6) is -1.11. The molecule has 0 aromatic carbocycles. The third-order valence-electron chi connectivity index (χ3n) is 8.47. The maximum atomic E-state index is 12.7. The van der Waals surface area contributed by atoms with Gasteiger partial charge in [0.2, 0.25) is 0 Å². The summed E-state index contributed by atoms with van der Waals surface area (Å²) in [7, 11) is 0. The number of hydrogen-bond acceptors (Lipinski definition) is 6. The molecule has 0 spiro atoms.